The van der Waals surface area contributed by atoms with Crippen LogP contribution in [0.15, 0.2) is 109 Å². The molecule has 0 bridgehead atoms. The number of nitrogens with zero attached hydrogens (tertiary/aromatic N) is 1. The van der Waals surface area contributed by atoms with Crippen molar-refractivity contribution in [1.82, 2.24) is 4.90 Å². The third-order valence-corrected chi connectivity index (χ3v) is 7.01. The van der Waals surface area contributed by atoms with Gasteiger partial charge in [-0.05, 0) is 72.1 Å². The summed E-state index contributed by atoms with van der Waals surface area (Å²) in [4.78, 5) is 27.9. The van der Waals surface area contributed by atoms with Crippen LogP contribution in [0.4, 0.5) is 0 Å². The molecular formula is C34H31NO6. The molecule has 4 aromatic carbocycles. The highest BCUT2D eigenvalue weighted by Crippen LogP contribution is 2.40. The van der Waals surface area contributed by atoms with Crippen LogP contribution >= 0.6 is 0 Å². The van der Waals surface area contributed by atoms with Gasteiger partial charge in [0.2, 0.25) is 0 Å². The average molecular weight is 550 g/mol. The Kier molecular flexibility index (Phi) is 8.46. The molecule has 1 aliphatic heterocycles. The van der Waals surface area contributed by atoms with Crippen LogP contribution in [0.3, 0.4) is 0 Å². The average Bonchev–Trinajstić information content (AvgIpc) is 3.25. The zero-order valence-corrected chi connectivity index (χ0v) is 22.9. The fraction of sp³-hybridized carbons (Fsp3) is 0.176. The Balaban J connectivity index is 1.46. The molecule has 0 saturated carbocycles. The Labute approximate surface area is 239 Å². The van der Waals surface area contributed by atoms with E-state index in [9.17, 15) is 14.7 Å². The van der Waals surface area contributed by atoms with Crippen LogP contribution in [0.5, 0.6) is 17.2 Å². The number of methoxy groups -OCH3 is 1. The predicted molar refractivity (Wildman–Crippen MR) is 156 cm³/mol. The molecule has 1 aliphatic rings. The van der Waals surface area contributed by atoms with E-state index in [1.54, 1.807) is 42.5 Å². The molecule has 1 fully saturated rings. The molecule has 7 nitrogen and oxygen atoms in total. The molecule has 41 heavy (non-hydrogen) atoms. The van der Waals surface area contributed by atoms with E-state index in [0.717, 1.165) is 11.1 Å². The summed E-state index contributed by atoms with van der Waals surface area (Å²) < 4.78 is 17.1. The van der Waals surface area contributed by atoms with E-state index in [0.29, 0.717) is 35.0 Å². The van der Waals surface area contributed by atoms with Gasteiger partial charge in [-0.1, -0.05) is 54.6 Å². The fourth-order valence-corrected chi connectivity index (χ4v) is 4.82. The number of hydrogen-bond donors (Lipinski definition) is 1. The Morgan fingerprint density at radius 3 is 2.27 bits per heavy atom. The molecule has 4 aromatic rings. The second-order valence-corrected chi connectivity index (χ2v) is 9.71. The number of rotatable bonds is 10. The van der Waals surface area contributed by atoms with Gasteiger partial charge in [0.15, 0.2) is 0 Å². The van der Waals surface area contributed by atoms with Gasteiger partial charge in [-0.3, -0.25) is 9.59 Å². The van der Waals surface area contributed by atoms with E-state index >= 15 is 0 Å². The maximum absolute atomic E-state index is 13.3. The number of aliphatic hydroxyl groups excluding tert-OH is 1. The van der Waals surface area contributed by atoms with Gasteiger partial charge >= 0.3 is 0 Å². The molecule has 0 aliphatic carbocycles. The summed E-state index contributed by atoms with van der Waals surface area (Å²) in [6.07, 6.45) is 0. The van der Waals surface area contributed by atoms with E-state index in [4.69, 9.17) is 14.2 Å². The van der Waals surface area contributed by atoms with E-state index in [2.05, 4.69) is 0 Å². The highest BCUT2D eigenvalue weighted by Gasteiger charge is 2.46. The van der Waals surface area contributed by atoms with Crippen molar-refractivity contribution in [2.24, 2.45) is 0 Å². The Morgan fingerprint density at radius 2 is 1.54 bits per heavy atom. The van der Waals surface area contributed by atoms with Crippen molar-refractivity contribution >= 4 is 17.4 Å². The molecule has 0 radical (unpaired) electrons. The lowest BCUT2D eigenvalue weighted by Gasteiger charge is -2.25. The van der Waals surface area contributed by atoms with E-state index in [1.165, 1.54) is 12.0 Å². The van der Waals surface area contributed by atoms with Crippen molar-refractivity contribution < 1.29 is 28.9 Å². The zero-order chi connectivity index (χ0) is 28.8. The molecule has 0 spiro atoms. The number of amides is 1. The molecule has 1 atom stereocenters. The number of ether oxygens (including phenoxy) is 3. The first kappa shape index (κ1) is 27.7. The van der Waals surface area contributed by atoms with Crippen molar-refractivity contribution in [3.63, 3.8) is 0 Å². The van der Waals surface area contributed by atoms with Crippen molar-refractivity contribution in [2.75, 3.05) is 20.3 Å². The minimum absolute atomic E-state index is 0.0107. The normalized spacial score (nSPS) is 16.1. The summed E-state index contributed by atoms with van der Waals surface area (Å²) in [5, 5.41) is 11.4. The number of para-hydroxylation sites is 1. The number of benzene rings is 4. The number of ketones is 1. The fourth-order valence-electron chi connectivity index (χ4n) is 4.82. The van der Waals surface area contributed by atoms with Gasteiger partial charge in [-0.2, -0.15) is 0 Å². The van der Waals surface area contributed by atoms with Gasteiger partial charge in [0.25, 0.3) is 11.7 Å². The lowest BCUT2D eigenvalue weighted by atomic mass is 9.95. The molecule has 0 aromatic heterocycles. The van der Waals surface area contributed by atoms with Gasteiger partial charge in [0.1, 0.15) is 29.6 Å². The first-order chi connectivity index (χ1) is 20.0. The van der Waals surface area contributed by atoms with Crippen LogP contribution < -0.4 is 9.47 Å². The second-order valence-electron chi connectivity index (χ2n) is 9.71. The molecule has 7 heteroatoms. The lowest BCUT2D eigenvalue weighted by Crippen LogP contribution is -2.32. The number of aliphatic hydroxyl groups is 1. The van der Waals surface area contributed by atoms with Gasteiger partial charge in [0, 0.05) is 19.2 Å². The Hall–Kier alpha value is -4.88. The topological polar surface area (TPSA) is 85.3 Å². The van der Waals surface area contributed by atoms with Crippen LogP contribution in [0.1, 0.15) is 28.3 Å². The molecule has 1 unspecified atom stereocenters. The summed E-state index contributed by atoms with van der Waals surface area (Å²) in [5.74, 6) is 0.115. The quantitative estimate of drug-likeness (QED) is 0.139. The predicted octanol–water partition coefficient (Wildman–Crippen LogP) is 6.43. The van der Waals surface area contributed by atoms with Crippen LogP contribution in [0.25, 0.3) is 5.76 Å². The highest BCUT2D eigenvalue weighted by molar-refractivity contribution is 6.46. The highest BCUT2D eigenvalue weighted by atomic mass is 16.5. The third kappa shape index (κ3) is 6.15. The molecule has 5 rings (SSSR count). The van der Waals surface area contributed by atoms with Crippen LogP contribution in [-0.4, -0.2) is 42.0 Å². The maximum Gasteiger partial charge on any atom is 0.295 e. The minimum atomic E-state index is -0.818. The molecule has 1 N–H and O–H groups in total. The van der Waals surface area contributed by atoms with Crippen LogP contribution in [0.2, 0.25) is 0 Å². The summed E-state index contributed by atoms with van der Waals surface area (Å²) >= 11 is 0. The van der Waals surface area contributed by atoms with Crippen molar-refractivity contribution in [1.29, 1.82) is 0 Å². The molecule has 1 heterocycles. The largest absolute Gasteiger partial charge is 0.507 e. The first-order valence-electron chi connectivity index (χ1n) is 13.3. The maximum atomic E-state index is 13.3. The number of Topliss-reactive ketones (excluding diaryl/α,β-unsaturated/α-hetero) is 1. The van der Waals surface area contributed by atoms with Gasteiger partial charge in [-0.25, -0.2) is 0 Å². The van der Waals surface area contributed by atoms with Gasteiger partial charge in [-0.15, -0.1) is 0 Å². The number of likely N-dealkylation sites (tertiary alicyclic amines) is 1. The summed E-state index contributed by atoms with van der Waals surface area (Å²) in [7, 11) is 1.53. The standard InChI is InChI=1S/C34H31NO6/c1-23-9-6-7-10-26(23)22-40-27-17-15-24(16-18-27)32(36)30-31(35(19-20-39-2)34(38)33(30)37)25-11-8-14-29(21-25)41-28-12-4-3-5-13-28/h3-18,21,31,36H,19-20,22H2,1-2H3/b32-30+. The lowest BCUT2D eigenvalue weighted by molar-refractivity contribution is -0.140. The van der Waals surface area contributed by atoms with E-state index in [1.807, 2.05) is 67.6 Å². The number of hydrogen-bond acceptors (Lipinski definition) is 6. The zero-order valence-electron chi connectivity index (χ0n) is 22.9. The first-order valence-corrected chi connectivity index (χ1v) is 13.3. The van der Waals surface area contributed by atoms with E-state index in [-0.39, 0.29) is 24.5 Å². The SMILES string of the molecule is COCCN1C(=O)C(=O)/C(=C(/O)c2ccc(OCc3ccccc3C)cc2)C1c1cccc(Oc2ccccc2)c1. The third-order valence-electron chi connectivity index (χ3n) is 7.01. The molecule has 1 amide bonds. The van der Waals surface area contributed by atoms with E-state index < -0.39 is 17.7 Å². The Bertz CT molecular complexity index is 1560. The smallest absolute Gasteiger partial charge is 0.295 e. The summed E-state index contributed by atoms with van der Waals surface area (Å²) in [6, 6.07) is 30.5. The number of carbonyl (C=O) groups is 2. The minimum Gasteiger partial charge on any atom is -0.507 e. The van der Waals surface area contributed by atoms with Crippen molar-refractivity contribution in [3.05, 3.63) is 131 Å². The molecule has 208 valence electrons. The van der Waals surface area contributed by atoms with Gasteiger partial charge < -0.3 is 24.2 Å². The van der Waals surface area contributed by atoms with Crippen LogP contribution in [-0.2, 0) is 20.9 Å². The monoisotopic (exact) mass is 549 g/mol. The Morgan fingerprint density at radius 1 is 0.829 bits per heavy atom. The van der Waals surface area contributed by atoms with Crippen LogP contribution in [0, 0.1) is 6.92 Å². The summed E-state index contributed by atoms with van der Waals surface area (Å²) in [5.41, 5.74) is 3.26. The number of carbonyl (C=O) groups excluding carboxylic acids is 2. The summed E-state index contributed by atoms with van der Waals surface area (Å²) in [6.45, 7) is 2.85. The van der Waals surface area contributed by atoms with Crippen molar-refractivity contribution in [2.45, 2.75) is 19.6 Å². The molecule has 1 saturated heterocycles. The second kappa shape index (κ2) is 12.5. The van der Waals surface area contributed by atoms with Crippen molar-refractivity contribution in [3.8, 4) is 17.2 Å². The number of aryl methyl sites for hydroxylation is 1. The van der Waals surface area contributed by atoms with Gasteiger partial charge in [0.05, 0.1) is 18.2 Å². The molecular weight excluding hydrogens is 518 g/mol.